The summed E-state index contributed by atoms with van der Waals surface area (Å²) in [5, 5.41) is 50.4. The Kier molecular flexibility index (Phi) is 10.6. The van der Waals surface area contributed by atoms with Gasteiger partial charge in [0.15, 0.2) is 5.82 Å². The summed E-state index contributed by atoms with van der Waals surface area (Å²) in [7, 11) is 0. The van der Waals surface area contributed by atoms with Crippen molar-refractivity contribution in [3.8, 4) is 18.2 Å². The number of thiophene rings is 1. The van der Waals surface area contributed by atoms with Gasteiger partial charge in [0.2, 0.25) is 0 Å². The van der Waals surface area contributed by atoms with E-state index in [1.165, 1.54) is 0 Å². The van der Waals surface area contributed by atoms with Crippen molar-refractivity contribution in [3.05, 3.63) is 27.1 Å². The van der Waals surface area contributed by atoms with Crippen LogP contribution >= 0.6 is 11.3 Å². The standard InChI is InChI=1S/C13H21N5O2.C7H5N3S/c1-9-10(8-14)12(16-4-2-6-19)18-13(11(9)15)17-5-3-7-20;1-4-5(2-8)7(10)11-6(4)3-9/h19-20H,2-7,15H2,1H3,(H2,16,17,18);10H2,1H3. The lowest BCUT2D eigenvalue weighted by molar-refractivity contribution is 0.292. The summed E-state index contributed by atoms with van der Waals surface area (Å²) in [6.45, 7) is 4.73. The molecule has 0 aliphatic carbocycles. The van der Waals surface area contributed by atoms with E-state index in [4.69, 9.17) is 32.2 Å². The van der Waals surface area contributed by atoms with Gasteiger partial charge < -0.3 is 32.3 Å². The highest BCUT2D eigenvalue weighted by molar-refractivity contribution is 7.16. The van der Waals surface area contributed by atoms with Gasteiger partial charge in [-0.25, -0.2) is 4.98 Å². The van der Waals surface area contributed by atoms with Gasteiger partial charge in [-0.05, 0) is 37.8 Å². The maximum atomic E-state index is 9.20. The van der Waals surface area contributed by atoms with E-state index in [2.05, 4.69) is 21.7 Å². The van der Waals surface area contributed by atoms with Crippen molar-refractivity contribution in [1.29, 1.82) is 15.8 Å². The summed E-state index contributed by atoms with van der Waals surface area (Å²) in [6.07, 6.45) is 1.16. The van der Waals surface area contributed by atoms with E-state index in [0.29, 0.717) is 75.4 Å². The van der Waals surface area contributed by atoms with Crippen LogP contribution in [0.5, 0.6) is 0 Å². The number of nitrogens with one attached hydrogen (secondary N) is 2. The van der Waals surface area contributed by atoms with Gasteiger partial charge in [0.1, 0.15) is 33.9 Å². The second kappa shape index (κ2) is 12.9. The summed E-state index contributed by atoms with van der Waals surface area (Å²) in [5.74, 6) is 0.959. The summed E-state index contributed by atoms with van der Waals surface area (Å²) in [5.41, 5.74) is 14.1. The molecule has 10 nitrogen and oxygen atoms in total. The summed E-state index contributed by atoms with van der Waals surface area (Å²) < 4.78 is 0. The second-order valence-corrected chi connectivity index (χ2v) is 7.41. The number of aliphatic hydroxyl groups excluding tert-OH is 2. The molecule has 164 valence electrons. The van der Waals surface area contributed by atoms with Crippen LogP contribution in [0.1, 0.15) is 40.0 Å². The molecule has 0 aliphatic heterocycles. The predicted octanol–water partition coefficient (Wildman–Crippen LogP) is 1.81. The van der Waals surface area contributed by atoms with Gasteiger partial charge in [-0.1, -0.05) is 0 Å². The molecule has 0 aliphatic rings. The first kappa shape index (κ1) is 25.5. The van der Waals surface area contributed by atoms with Gasteiger partial charge in [-0.3, -0.25) is 0 Å². The number of nitrogens with zero attached hydrogens (tertiary/aromatic N) is 4. The number of aromatic nitrogens is 1. The molecule has 2 aromatic rings. The average Bonchev–Trinajstić information content (AvgIpc) is 3.04. The lowest BCUT2D eigenvalue weighted by Crippen LogP contribution is -2.13. The number of rotatable bonds is 8. The van der Waals surface area contributed by atoms with Crippen LogP contribution in [-0.2, 0) is 0 Å². The molecular weight excluding hydrogens is 416 g/mol. The van der Waals surface area contributed by atoms with Crippen molar-refractivity contribution >= 4 is 33.7 Å². The smallest absolute Gasteiger partial charge is 0.152 e. The van der Waals surface area contributed by atoms with Crippen molar-refractivity contribution in [2.24, 2.45) is 0 Å². The highest BCUT2D eigenvalue weighted by atomic mass is 32.1. The van der Waals surface area contributed by atoms with E-state index < -0.39 is 0 Å². The highest BCUT2D eigenvalue weighted by Crippen LogP contribution is 2.29. The second-order valence-electron chi connectivity index (χ2n) is 6.36. The van der Waals surface area contributed by atoms with Gasteiger partial charge in [0.05, 0.1) is 16.8 Å². The van der Waals surface area contributed by atoms with Crippen LogP contribution in [0.25, 0.3) is 0 Å². The molecule has 0 bridgehead atoms. The number of hydrogen-bond donors (Lipinski definition) is 6. The van der Waals surface area contributed by atoms with Gasteiger partial charge in [-0.2, -0.15) is 15.8 Å². The molecule has 2 heterocycles. The lowest BCUT2D eigenvalue weighted by Gasteiger charge is -2.15. The molecule has 0 unspecified atom stereocenters. The predicted molar refractivity (Wildman–Crippen MR) is 121 cm³/mol. The summed E-state index contributed by atoms with van der Waals surface area (Å²) in [6, 6.07) is 6.02. The third-order valence-electron chi connectivity index (χ3n) is 4.25. The topological polar surface area (TPSA) is 201 Å². The normalized spacial score (nSPS) is 9.58. The first-order valence-corrected chi connectivity index (χ1v) is 10.3. The van der Waals surface area contributed by atoms with Crippen molar-refractivity contribution in [2.75, 3.05) is 48.4 Å². The first-order valence-electron chi connectivity index (χ1n) is 9.44. The zero-order valence-electron chi connectivity index (χ0n) is 17.5. The Morgan fingerprint density at radius 3 is 1.84 bits per heavy atom. The number of nitriles is 3. The molecule has 2 rings (SSSR count). The zero-order chi connectivity index (χ0) is 23.4. The maximum Gasteiger partial charge on any atom is 0.152 e. The van der Waals surface area contributed by atoms with Crippen molar-refractivity contribution in [3.63, 3.8) is 0 Å². The molecule has 0 saturated heterocycles. The Hall–Kier alpha value is -3.56. The van der Waals surface area contributed by atoms with Crippen LogP contribution < -0.4 is 22.1 Å². The van der Waals surface area contributed by atoms with Gasteiger partial charge in [-0.15, -0.1) is 11.3 Å². The summed E-state index contributed by atoms with van der Waals surface area (Å²) in [4.78, 5) is 4.84. The van der Waals surface area contributed by atoms with E-state index in [1.54, 1.807) is 13.8 Å². The molecule has 0 fully saturated rings. The van der Waals surface area contributed by atoms with Crippen molar-refractivity contribution < 1.29 is 10.2 Å². The minimum absolute atomic E-state index is 0.0739. The highest BCUT2D eigenvalue weighted by Gasteiger charge is 2.14. The van der Waals surface area contributed by atoms with Gasteiger partial charge >= 0.3 is 0 Å². The fourth-order valence-corrected chi connectivity index (χ4v) is 3.29. The molecule has 0 spiro atoms. The molecule has 31 heavy (non-hydrogen) atoms. The third-order valence-corrected chi connectivity index (χ3v) is 5.27. The molecule has 0 atom stereocenters. The average molecular weight is 443 g/mol. The number of nitrogens with two attached hydrogens (primary N) is 2. The Balaban J connectivity index is 0.000000367. The van der Waals surface area contributed by atoms with E-state index in [1.807, 2.05) is 12.1 Å². The van der Waals surface area contributed by atoms with E-state index >= 15 is 0 Å². The first-order chi connectivity index (χ1) is 14.9. The molecular formula is C20H26N8O2S. The van der Waals surface area contributed by atoms with Gasteiger partial charge in [0.25, 0.3) is 0 Å². The van der Waals surface area contributed by atoms with Crippen LogP contribution in [0.15, 0.2) is 0 Å². The lowest BCUT2D eigenvalue weighted by atomic mass is 10.1. The maximum absolute atomic E-state index is 9.20. The quantitative estimate of drug-likeness (QED) is 0.327. The molecule has 0 saturated carbocycles. The number of pyridine rings is 1. The van der Waals surface area contributed by atoms with Crippen LogP contribution in [0, 0.1) is 47.8 Å². The fraction of sp³-hybridized carbons (Fsp3) is 0.400. The van der Waals surface area contributed by atoms with Crippen LogP contribution in [0.3, 0.4) is 0 Å². The minimum atomic E-state index is 0.0739. The number of aliphatic hydroxyl groups is 2. The van der Waals surface area contributed by atoms with E-state index in [-0.39, 0.29) is 13.2 Å². The van der Waals surface area contributed by atoms with Crippen molar-refractivity contribution in [2.45, 2.75) is 26.7 Å². The largest absolute Gasteiger partial charge is 0.396 e. The monoisotopic (exact) mass is 442 g/mol. The van der Waals surface area contributed by atoms with Gasteiger partial charge in [0, 0.05) is 26.3 Å². The molecule has 8 N–H and O–H groups in total. The van der Waals surface area contributed by atoms with Crippen LogP contribution in [0.4, 0.5) is 22.3 Å². The van der Waals surface area contributed by atoms with Crippen LogP contribution in [-0.4, -0.2) is 41.5 Å². The van der Waals surface area contributed by atoms with E-state index in [0.717, 1.165) is 11.3 Å². The number of anilines is 4. The van der Waals surface area contributed by atoms with Crippen molar-refractivity contribution in [1.82, 2.24) is 4.98 Å². The fourth-order valence-electron chi connectivity index (χ4n) is 2.47. The number of nitrogen functional groups attached to an aromatic ring is 2. The molecule has 0 aromatic carbocycles. The minimum Gasteiger partial charge on any atom is -0.396 e. The van der Waals surface area contributed by atoms with Crippen LogP contribution in [0.2, 0.25) is 0 Å². The third kappa shape index (κ3) is 6.73. The molecule has 11 heteroatoms. The van der Waals surface area contributed by atoms with E-state index in [9.17, 15) is 5.26 Å². The Morgan fingerprint density at radius 1 is 0.871 bits per heavy atom. The summed E-state index contributed by atoms with van der Waals surface area (Å²) >= 11 is 1.16. The Bertz CT molecular complexity index is 1010. The SMILES string of the molecule is Cc1c(C#N)sc(N)c1C#N.Cc1c(N)c(NCCCO)nc(NCCCO)c1C#N. The molecule has 0 amide bonds. The molecule has 2 aromatic heterocycles. The Morgan fingerprint density at radius 2 is 1.42 bits per heavy atom. The zero-order valence-corrected chi connectivity index (χ0v) is 18.3. The number of hydrogen-bond acceptors (Lipinski definition) is 11. The Labute approximate surface area is 185 Å². The molecule has 0 radical (unpaired) electrons.